The van der Waals surface area contributed by atoms with Crippen molar-refractivity contribution in [2.24, 2.45) is 0 Å². The number of nitrogens with one attached hydrogen (secondary N) is 2. The molecule has 0 aliphatic rings. The van der Waals surface area contributed by atoms with Crippen LogP contribution in [0, 0.1) is 0 Å². The SMILES string of the molecule is COc1ccccc1NC(=O)c1cccc(S(=O)(=O)Nc2ccccc2Cl)c1. The molecule has 0 atom stereocenters. The molecule has 8 heteroatoms. The predicted octanol–water partition coefficient (Wildman–Crippen LogP) is 4.40. The number of anilines is 2. The van der Waals surface area contributed by atoms with E-state index in [4.69, 9.17) is 16.3 Å². The van der Waals surface area contributed by atoms with Crippen LogP contribution in [0.5, 0.6) is 5.75 Å². The standard InChI is InChI=1S/C20H17ClN2O4S/c1-27-19-12-5-4-11-18(19)22-20(24)14-7-6-8-15(13-14)28(25,26)23-17-10-3-2-9-16(17)21/h2-13,23H,1H3,(H,22,24). The van der Waals surface area contributed by atoms with Crippen molar-refractivity contribution in [2.45, 2.75) is 4.90 Å². The number of carbonyl (C=O) groups is 1. The molecule has 0 aliphatic heterocycles. The Bertz CT molecular complexity index is 1120. The van der Waals surface area contributed by atoms with Crippen LogP contribution >= 0.6 is 11.6 Å². The molecule has 6 nitrogen and oxygen atoms in total. The normalized spacial score (nSPS) is 10.9. The number of para-hydroxylation sites is 3. The third-order valence-electron chi connectivity index (χ3n) is 3.88. The highest BCUT2D eigenvalue weighted by Crippen LogP contribution is 2.26. The highest BCUT2D eigenvalue weighted by molar-refractivity contribution is 7.92. The van der Waals surface area contributed by atoms with Gasteiger partial charge in [0.25, 0.3) is 15.9 Å². The summed E-state index contributed by atoms with van der Waals surface area (Å²) in [5, 5.41) is 2.99. The summed E-state index contributed by atoms with van der Waals surface area (Å²) in [7, 11) is -2.42. The molecule has 0 aromatic heterocycles. The first-order valence-corrected chi connectivity index (χ1v) is 10.1. The smallest absolute Gasteiger partial charge is 0.261 e. The highest BCUT2D eigenvalue weighted by Gasteiger charge is 2.18. The zero-order valence-corrected chi connectivity index (χ0v) is 16.4. The van der Waals surface area contributed by atoms with E-state index >= 15 is 0 Å². The summed E-state index contributed by atoms with van der Waals surface area (Å²) in [6.07, 6.45) is 0. The summed E-state index contributed by atoms with van der Waals surface area (Å²) < 4.78 is 33.0. The van der Waals surface area contributed by atoms with Crippen molar-refractivity contribution in [3.8, 4) is 5.75 Å². The summed E-state index contributed by atoms with van der Waals surface area (Å²) in [6, 6.07) is 19.2. The number of ether oxygens (including phenoxy) is 1. The van der Waals surface area contributed by atoms with Crippen LogP contribution in [-0.2, 0) is 10.0 Å². The van der Waals surface area contributed by atoms with Crippen LogP contribution in [0.2, 0.25) is 5.02 Å². The molecule has 3 aromatic carbocycles. The zero-order chi connectivity index (χ0) is 20.1. The van der Waals surface area contributed by atoms with Crippen LogP contribution in [0.4, 0.5) is 11.4 Å². The van der Waals surface area contributed by atoms with Gasteiger partial charge in [0.15, 0.2) is 0 Å². The number of sulfonamides is 1. The van der Waals surface area contributed by atoms with Gasteiger partial charge in [-0.2, -0.15) is 0 Å². The summed E-state index contributed by atoms with van der Waals surface area (Å²) in [4.78, 5) is 12.5. The van der Waals surface area contributed by atoms with Crippen LogP contribution in [-0.4, -0.2) is 21.4 Å². The molecular formula is C20H17ClN2O4S. The average molecular weight is 417 g/mol. The summed E-state index contributed by atoms with van der Waals surface area (Å²) in [5.41, 5.74) is 0.929. The van der Waals surface area contributed by atoms with Gasteiger partial charge in [-0.15, -0.1) is 0 Å². The van der Waals surface area contributed by atoms with Crippen molar-refractivity contribution >= 4 is 38.9 Å². The largest absolute Gasteiger partial charge is 0.495 e. The third-order valence-corrected chi connectivity index (χ3v) is 5.57. The Morgan fingerprint density at radius 3 is 2.32 bits per heavy atom. The third kappa shape index (κ3) is 4.44. The monoisotopic (exact) mass is 416 g/mol. The maximum Gasteiger partial charge on any atom is 0.261 e. The van der Waals surface area contributed by atoms with Crippen molar-refractivity contribution < 1.29 is 17.9 Å². The fraction of sp³-hybridized carbons (Fsp3) is 0.0500. The quantitative estimate of drug-likeness (QED) is 0.623. The molecule has 0 aliphatic carbocycles. The molecule has 1 amide bonds. The number of hydrogen-bond donors (Lipinski definition) is 2. The molecule has 0 bridgehead atoms. The minimum Gasteiger partial charge on any atom is -0.495 e. The Morgan fingerprint density at radius 1 is 0.929 bits per heavy atom. The van der Waals surface area contributed by atoms with E-state index in [-0.39, 0.29) is 21.2 Å². The van der Waals surface area contributed by atoms with Gasteiger partial charge in [0, 0.05) is 5.56 Å². The van der Waals surface area contributed by atoms with E-state index in [2.05, 4.69) is 10.0 Å². The molecule has 3 rings (SSSR count). The van der Waals surface area contributed by atoms with Crippen molar-refractivity contribution in [1.82, 2.24) is 0 Å². The lowest BCUT2D eigenvalue weighted by atomic mass is 10.2. The van der Waals surface area contributed by atoms with Crippen LogP contribution < -0.4 is 14.8 Å². The molecule has 144 valence electrons. The molecular weight excluding hydrogens is 400 g/mol. The zero-order valence-electron chi connectivity index (χ0n) is 14.8. The van der Waals surface area contributed by atoms with E-state index in [1.807, 2.05) is 0 Å². The minimum absolute atomic E-state index is 0.0555. The van der Waals surface area contributed by atoms with Gasteiger partial charge in [0.1, 0.15) is 5.75 Å². The molecule has 3 aromatic rings. The Hall–Kier alpha value is -3.03. The number of halogens is 1. The maximum atomic E-state index is 12.7. The predicted molar refractivity (Wildman–Crippen MR) is 110 cm³/mol. The lowest BCUT2D eigenvalue weighted by Gasteiger charge is -2.12. The van der Waals surface area contributed by atoms with Crippen LogP contribution in [0.3, 0.4) is 0 Å². The van der Waals surface area contributed by atoms with E-state index in [0.29, 0.717) is 11.4 Å². The lowest BCUT2D eigenvalue weighted by Crippen LogP contribution is -2.16. The Labute approximate surface area is 168 Å². The first-order chi connectivity index (χ1) is 13.4. The van der Waals surface area contributed by atoms with Crippen molar-refractivity contribution in [2.75, 3.05) is 17.1 Å². The lowest BCUT2D eigenvalue weighted by molar-refractivity contribution is 0.102. The van der Waals surface area contributed by atoms with E-state index in [0.717, 1.165) is 0 Å². The number of benzene rings is 3. The van der Waals surface area contributed by atoms with Crippen LogP contribution in [0.15, 0.2) is 77.7 Å². The van der Waals surface area contributed by atoms with Crippen LogP contribution in [0.1, 0.15) is 10.4 Å². The minimum atomic E-state index is -3.92. The Kier molecular flexibility index (Phi) is 5.87. The second-order valence-electron chi connectivity index (χ2n) is 5.77. The molecule has 2 N–H and O–H groups in total. The van der Waals surface area contributed by atoms with Gasteiger partial charge in [-0.05, 0) is 42.5 Å². The molecule has 28 heavy (non-hydrogen) atoms. The van der Waals surface area contributed by atoms with Crippen molar-refractivity contribution in [3.05, 3.63) is 83.4 Å². The fourth-order valence-electron chi connectivity index (χ4n) is 2.49. The van der Waals surface area contributed by atoms with Gasteiger partial charge in [0.05, 0.1) is 28.4 Å². The van der Waals surface area contributed by atoms with Gasteiger partial charge in [-0.1, -0.05) is 41.9 Å². The van der Waals surface area contributed by atoms with Gasteiger partial charge < -0.3 is 10.1 Å². The molecule has 0 spiro atoms. The summed E-state index contributed by atoms with van der Waals surface area (Å²) >= 11 is 6.02. The molecule has 0 unspecified atom stereocenters. The van der Waals surface area contributed by atoms with Gasteiger partial charge in [0.2, 0.25) is 0 Å². The van der Waals surface area contributed by atoms with E-state index in [1.54, 1.807) is 48.5 Å². The average Bonchev–Trinajstić information content (AvgIpc) is 2.70. The topological polar surface area (TPSA) is 84.5 Å². The second-order valence-corrected chi connectivity index (χ2v) is 7.86. The first-order valence-electron chi connectivity index (χ1n) is 8.22. The molecule has 0 saturated heterocycles. The summed E-state index contributed by atoms with van der Waals surface area (Å²) in [6.45, 7) is 0. The van der Waals surface area contributed by atoms with Gasteiger partial charge in [-0.25, -0.2) is 8.42 Å². The first kappa shape index (κ1) is 19.7. The highest BCUT2D eigenvalue weighted by atomic mass is 35.5. The molecule has 0 radical (unpaired) electrons. The van der Waals surface area contributed by atoms with E-state index in [1.165, 1.54) is 31.4 Å². The Balaban J connectivity index is 1.85. The van der Waals surface area contributed by atoms with Crippen LogP contribution in [0.25, 0.3) is 0 Å². The van der Waals surface area contributed by atoms with Gasteiger partial charge >= 0.3 is 0 Å². The number of carbonyl (C=O) groups excluding carboxylic acids is 1. The second kappa shape index (κ2) is 8.33. The molecule has 0 heterocycles. The molecule has 0 saturated carbocycles. The van der Waals surface area contributed by atoms with Gasteiger partial charge in [-0.3, -0.25) is 9.52 Å². The van der Waals surface area contributed by atoms with Crippen molar-refractivity contribution in [1.29, 1.82) is 0 Å². The Morgan fingerprint density at radius 2 is 1.61 bits per heavy atom. The summed E-state index contributed by atoms with van der Waals surface area (Å²) in [5.74, 6) is 0.0410. The fourth-order valence-corrected chi connectivity index (χ4v) is 3.86. The number of amides is 1. The number of methoxy groups -OCH3 is 1. The number of hydrogen-bond acceptors (Lipinski definition) is 4. The van der Waals surface area contributed by atoms with Crippen molar-refractivity contribution in [3.63, 3.8) is 0 Å². The van der Waals surface area contributed by atoms with E-state index < -0.39 is 15.9 Å². The maximum absolute atomic E-state index is 12.7. The molecule has 0 fully saturated rings. The number of rotatable bonds is 6. The van der Waals surface area contributed by atoms with E-state index in [9.17, 15) is 13.2 Å².